The number of halogens is 2. The van der Waals surface area contributed by atoms with E-state index < -0.39 is 10.0 Å². The van der Waals surface area contributed by atoms with E-state index in [0.717, 1.165) is 5.56 Å². The molecule has 0 aliphatic carbocycles. The van der Waals surface area contributed by atoms with Crippen LogP contribution in [0.25, 0.3) is 0 Å². The minimum Gasteiger partial charge on any atom is -0.385 e. The van der Waals surface area contributed by atoms with Crippen LogP contribution in [0.3, 0.4) is 0 Å². The summed E-state index contributed by atoms with van der Waals surface area (Å²) in [5.74, 6) is 0.350. The van der Waals surface area contributed by atoms with Crippen LogP contribution >= 0.6 is 27.5 Å². The molecule has 19 heavy (non-hydrogen) atoms. The Hall–Kier alpha value is -0.140. The molecule has 0 N–H and O–H groups in total. The highest BCUT2D eigenvalue weighted by Gasteiger charge is 2.22. The number of sulfonamides is 1. The fraction of sp³-hybridized carbons (Fsp3) is 0.500. The zero-order valence-corrected chi connectivity index (χ0v) is 14.1. The van der Waals surface area contributed by atoms with Gasteiger partial charge in [-0.3, -0.25) is 0 Å². The third-order valence-electron chi connectivity index (χ3n) is 2.66. The molecule has 4 nitrogen and oxygen atoms in total. The number of alkyl halides is 1. The van der Waals surface area contributed by atoms with Gasteiger partial charge in [-0.2, -0.15) is 0 Å². The van der Waals surface area contributed by atoms with Crippen molar-refractivity contribution in [2.75, 3.05) is 27.3 Å². The van der Waals surface area contributed by atoms with Crippen molar-refractivity contribution in [3.05, 3.63) is 28.2 Å². The van der Waals surface area contributed by atoms with Gasteiger partial charge in [0.05, 0.1) is 4.90 Å². The maximum Gasteiger partial charge on any atom is 0.243 e. The average molecular weight is 371 g/mol. The molecule has 7 heteroatoms. The third-order valence-corrected chi connectivity index (χ3v) is 5.80. The highest BCUT2D eigenvalue weighted by atomic mass is 79.9. The van der Waals surface area contributed by atoms with Gasteiger partial charge in [-0.15, -0.1) is 11.6 Å². The van der Waals surface area contributed by atoms with E-state index in [9.17, 15) is 8.42 Å². The van der Waals surface area contributed by atoms with E-state index in [2.05, 4.69) is 15.9 Å². The summed E-state index contributed by atoms with van der Waals surface area (Å²) in [6.07, 6.45) is 0.656. The van der Waals surface area contributed by atoms with E-state index >= 15 is 0 Å². The van der Waals surface area contributed by atoms with E-state index in [0.29, 0.717) is 29.9 Å². The lowest BCUT2D eigenvalue weighted by Gasteiger charge is -2.18. The van der Waals surface area contributed by atoms with Gasteiger partial charge in [0.2, 0.25) is 10.0 Å². The van der Waals surface area contributed by atoms with Crippen LogP contribution in [0.2, 0.25) is 0 Å². The molecule has 0 amide bonds. The van der Waals surface area contributed by atoms with Gasteiger partial charge >= 0.3 is 0 Å². The molecule has 0 radical (unpaired) electrons. The number of ether oxygens (including phenoxy) is 1. The van der Waals surface area contributed by atoms with E-state index in [1.165, 1.54) is 4.31 Å². The van der Waals surface area contributed by atoms with Gasteiger partial charge in [0, 0.05) is 37.7 Å². The van der Waals surface area contributed by atoms with Crippen LogP contribution in [0.5, 0.6) is 0 Å². The molecule has 0 saturated carbocycles. The van der Waals surface area contributed by atoms with Crippen LogP contribution < -0.4 is 0 Å². The van der Waals surface area contributed by atoms with Crippen LogP contribution in [-0.2, 0) is 20.6 Å². The van der Waals surface area contributed by atoms with Crippen molar-refractivity contribution in [3.8, 4) is 0 Å². The lowest BCUT2D eigenvalue weighted by atomic mass is 10.2. The van der Waals surface area contributed by atoms with Gasteiger partial charge in [0.15, 0.2) is 0 Å². The lowest BCUT2D eigenvalue weighted by molar-refractivity contribution is 0.189. The molecule has 0 aliphatic rings. The normalized spacial score (nSPS) is 12.1. The first-order chi connectivity index (χ1) is 8.93. The largest absolute Gasteiger partial charge is 0.385 e. The maximum atomic E-state index is 12.4. The standard InChI is InChI=1S/C12H17BrClNO3S/c1-15(6-3-7-18-2)19(16,17)12-5-4-10(9-14)8-11(12)13/h4-5,8H,3,6-7,9H2,1-2H3. The quantitative estimate of drug-likeness (QED) is 0.548. The van der Waals surface area contributed by atoms with Crippen molar-refractivity contribution in [2.24, 2.45) is 0 Å². The van der Waals surface area contributed by atoms with E-state index in [4.69, 9.17) is 16.3 Å². The van der Waals surface area contributed by atoms with Crippen molar-refractivity contribution < 1.29 is 13.2 Å². The number of rotatable bonds is 7. The molecule has 0 spiro atoms. The van der Waals surface area contributed by atoms with Gasteiger partial charge < -0.3 is 4.74 Å². The second kappa shape index (κ2) is 7.59. The van der Waals surface area contributed by atoms with Crippen molar-refractivity contribution in [1.82, 2.24) is 4.31 Å². The van der Waals surface area contributed by atoms with Crippen LogP contribution in [-0.4, -0.2) is 40.0 Å². The fourth-order valence-corrected chi connectivity index (χ4v) is 4.01. The average Bonchev–Trinajstić information content (AvgIpc) is 2.38. The Bertz CT molecular complexity index is 522. The Balaban J connectivity index is 2.93. The number of nitrogens with zero attached hydrogens (tertiary/aromatic N) is 1. The van der Waals surface area contributed by atoms with Gasteiger partial charge in [0.1, 0.15) is 0 Å². The Morgan fingerprint density at radius 3 is 2.63 bits per heavy atom. The highest BCUT2D eigenvalue weighted by molar-refractivity contribution is 9.10. The van der Waals surface area contributed by atoms with Crippen LogP contribution in [0.4, 0.5) is 0 Å². The fourth-order valence-electron chi connectivity index (χ4n) is 1.56. The van der Waals surface area contributed by atoms with Crippen LogP contribution in [0.1, 0.15) is 12.0 Å². The number of hydrogen-bond acceptors (Lipinski definition) is 3. The number of hydrogen-bond donors (Lipinski definition) is 0. The predicted molar refractivity (Wildman–Crippen MR) is 80.0 cm³/mol. The molecule has 0 fully saturated rings. The number of benzene rings is 1. The molecule has 0 aliphatic heterocycles. The predicted octanol–water partition coefficient (Wildman–Crippen LogP) is 2.84. The first-order valence-electron chi connectivity index (χ1n) is 5.73. The number of methoxy groups -OCH3 is 1. The summed E-state index contributed by atoms with van der Waals surface area (Å²) < 4.78 is 31.5. The highest BCUT2D eigenvalue weighted by Crippen LogP contribution is 2.26. The summed E-state index contributed by atoms with van der Waals surface area (Å²) in [5.41, 5.74) is 0.870. The molecule has 0 atom stereocenters. The first-order valence-corrected chi connectivity index (χ1v) is 8.50. The Morgan fingerprint density at radius 1 is 1.42 bits per heavy atom. The maximum absolute atomic E-state index is 12.4. The summed E-state index contributed by atoms with van der Waals surface area (Å²) in [5, 5.41) is 0. The lowest BCUT2D eigenvalue weighted by Crippen LogP contribution is -2.28. The van der Waals surface area contributed by atoms with Gasteiger partial charge in [-0.1, -0.05) is 6.07 Å². The monoisotopic (exact) mass is 369 g/mol. The summed E-state index contributed by atoms with van der Waals surface area (Å²) in [6, 6.07) is 5.01. The van der Waals surface area contributed by atoms with Crippen LogP contribution in [0.15, 0.2) is 27.6 Å². The molecule has 0 unspecified atom stereocenters. The first kappa shape index (κ1) is 16.9. The second-order valence-electron chi connectivity index (χ2n) is 4.07. The Kier molecular flexibility index (Phi) is 6.76. The van der Waals surface area contributed by atoms with Crippen molar-refractivity contribution in [1.29, 1.82) is 0 Å². The van der Waals surface area contributed by atoms with Gasteiger partial charge in [0.25, 0.3) is 0 Å². The summed E-state index contributed by atoms with van der Waals surface area (Å²) >= 11 is 9.00. The minimum atomic E-state index is -3.49. The van der Waals surface area contributed by atoms with Gasteiger partial charge in [-0.25, -0.2) is 12.7 Å². The molecule has 0 aromatic heterocycles. The molecule has 1 aromatic carbocycles. The molecular weight excluding hydrogens is 354 g/mol. The molecule has 1 rings (SSSR count). The second-order valence-corrected chi connectivity index (χ2v) is 7.21. The van der Waals surface area contributed by atoms with Crippen molar-refractivity contribution in [2.45, 2.75) is 17.2 Å². The van der Waals surface area contributed by atoms with E-state index in [1.807, 2.05) is 0 Å². The molecule has 108 valence electrons. The smallest absolute Gasteiger partial charge is 0.243 e. The minimum absolute atomic E-state index is 0.251. The molecular formula is C12H17BrClNO3S. The Labute approximate surface area is 127 Å². The SMILES string of the molecule is COCCCN(C)S(=O)(=O)c1ccc(CCl)cc1Br. The zero-order chi connectivity index (χ0) is 14.5. The molecule has 0 heterocycles. The van der Waals surface area contributed by atoms with Crippen molar-refractivity contribution >= 4 is 37.6 Å². The third kappa shape index (κ3) is 4.43. The summed E-state index contributed by atoms with van der Waals surface area (Å²) in [4.78, 5) is 0.251. The summed E-state index contributed by atoms with van der Waals surface area (Å²) in [7, 11) is -0.332. The summed E-state index contributed by atoms with van der Waals surface area (Å²) in [6.45, 7) is 0.950. The van der Waals surface area contributed by atoms with Gasteiger partial charge in [-0.05, 0) is 40.0 Å². The molecule has 1 aromatic rings. The van der Waals surface area contributed by atoms with Crippen molar-refractivity contribution in [3.63, 3.8) is 0 Å². The molecule has 0 bridgehead atoms. The van der Waals surface area contributed by atoms with Crippen LogP contribution in [0, 0.1) is 0 Å². The van der Waals surface area contributed by atoms with E-state index in [-0.39, 0.29) is 4.90 Å². The zero-order valence-electron chi connectivity index (χ0n) is 10.9. The Morgan fingerprint density at radius 2 is 2.11 bits per heavy atom. The topological polar surface area (TPSA) is 46.6 Å². The molecule has 0 saturated heterocycles. The van der Waals surface area contributed by atoms with E-state index in [1.54, 1.807) is 32.4 Å².